The summed E-state index contributed by atoms with van der Waals surface area (Å²) in [4.78, 5) is 23.3. The molecule has 0 radical (unpaired) electrons. The van der Waals surface area contributed by atoms with Crippen molar-refractivity contribution in [3.63, 3.8) is 0 Å². The van der Waals surface area contributed by atoms with E-state index in [1.165, 1.54) is 24.6 Å². The molecule has 0 saturated heterocycles. The summed E-state index contributed by atoms with van der Waals surface area (Å²) < 4.78 is 4.83. The Kier molecular flexibility index (Phi) is 8.11. The van der Waals surface area contributed by atoms with Crippen LogP contribution >= 0.6 is 11.8 Å². The van der Waals surface area contributed by atoms with Crippen molar-refractivity contribution in [2.24, 2.45) is 17.6 Å². The van der Waals surface area contributed by atoms with Crippen LogP contribution in [0.2, 0.25) is 0 Å². The Morgan fingerprint density at radius 2 is 2.10 bits per heavy atom. The number of nitrogens with two attached hydrogens (primary N) is 1. The van der Waals surface area contributed by atoms with E-state index in [1.807, 2.05) is 0 Å². The molecule has 1 fully saturated rings. The minimum atomic E-state index is -0.656. The van der Waals surface area contributed by atoms with Crippen molar-refractivity contribution < 1.29 is 14.3 Å². The van der Waals surface area contributed by atoms with Crippen LogP contribution in [0.3, 0.4) is 0 Å². The van der Waals surface area contributed by atoms with E-state index < -0.39 is 12.0 Å². The summed E-state index contributed by atoms with van der Waals surface area (Å²) in [5.41, 5.74) is 5.69. The average Bonchev–Trinajstić information content (AvgIpc) is 2.44. The van der Waals surface area contributed by atoms with Gasteiger partial charge in [0.25, 0.3) is 0 Å². The summed E-state index contributed by atoms with van der Waals surface area (Å²) in [6.45, 7) is 6.53. The van der Waals surface area contributed by atoms with Crippen LogP contribution in [0, 0.1) is 11.8 Å². The van der Waals surface area contributed by atoms with Gasteiger partial charge in [-0.15, -0.1) is 11.8 Å². The fourth-order valence-corrected chi connectivity index (χ4v) is 3.41. The molecule has 1 saturated carbocycles. The lowest BCUT2D eigenvalue weighted by Gasteiger charge is -2.34. The second-order valence-corrected chi connectivity index (χ2v) is 6.85. The number of ether oxygens (including phenoxy) is 1. The smallest absolute Gasteiger partial charge is 0.323 e. The molecule has 0 aromatic heterocycles. The molecule has 1 aliphatic rings. The maximum Gasteiger partial charge on any atom is 0.323 e. The third kappa shape index (κ3) is 6.26. The summed E-state index contributed by atoms with van der Waals surface area (Å²) in [7, 11) is 0. The highest BCUT2D eigenvalue weighted by Crippen LogP contribution is 2.29. The molecular formula is C15H28N2O3S. The molecule has 0 heterocycles. The van der Waals surface area contributed by atoms with Crippen molar-refractivity contribution in [2.45, 2.75) is 52.1 Å². The zero-order valence-corrected chi connectivity index (χ0v) is 14.1. The first-order chi connectivity index (χ1) is 9.95. The first-order valence-corrected chi connectivity index (χ1v) is 8.90. The lowest BCUT2D eigenvalue weighted by atomic mass is 9.78. The standard InChI is InChI=1S/C15H28N2O3S/c1-4-20-15(19)12(16)8-21-9-14(18)17-13-7-5-6-10(2)11(13)3/h10-13H,4-9,16H2,1-3H3,(H,17,18). The highest BCUT2D eigenvalue weighted by atomic mass is 32.2. The van der Waals surface area contributed by atoms with Crippen LogP contribution in [0.1, 0.15) is 40.0 Å². The number of hydrogen-bond acceptors (Lipinski definition) is 5. The average molecular weight is 316 g/mol. The van der Waals surface area contributed by atoms with Gasteiger partial charge in [-0.2, -0.15) is 0 Å². The maximum absolute atomic E-state index is 12.0. The molecule has 4 unspecified atom stereocenters. The number of thioether (sulfide) groups is 1. The van der Waals surface area contributed by atoms with Crippen molar-refractivity contribution in [1.82, 2.24) is 5.32 Å². The predicted octanol–water partition coefficient (Wildman–Crippen LogP) is 1.55. The van der Waals surface area contributed by atoms with Gasteiger partial charge >= 0.3 is 5.97 Å². The van der Waals surface area contributed by atoms with E-state index in [2.05, 4.69) is 19.2 Å². The Bertz CT molecular complexity index is 352. The van der Waals surface area contributed by atoms with Crippen molar-refractivity contribution in [3.05, 3.63) is 0 Å². The van der Waals surface area contributed by atoms with E-state index in [0.29, 0.717) is 29.9 Å². The lowest BCUT2D eigenvalue weighted by molar-refractivity contribution is -0.144. The summed E-state index contributed by atoms with van der Waals surface area (Å²) >= 11 is 1.38. The van der Waals surface area contributed by atoms with Crippen LogP contribution in [0.15, 0.2) is 0 Å². The molecule has 0 aliphatic heterocycles. The largest absolute Gasteiger partial charge is 0.465 e. The number of amides is 1. The monoisotopic (exact) mass is 316 g/mol. The van der Waals surface area contributed by atoms with E-state index in [1.54, 1.807) is 6.92 Å². The van der Waals surface area contributed by atoms with Crippen LogP contribution in [0.25, 0.3) is 0 Å². The summed E-state index contributed by atoms with van der Waals surface area (Å²) in [5.74, 6) is 1.55. The second kappa shape index (κ2) is 9.30. The molecule has 122 valence electrons. The van der Waals surface area contributed by atoms with E-state index in [-0.39, 0.29) is 11.9 Å². The molecule has 3 N–H and O–H groups in total. The van der Waals surface area contributed by atoms with Crippen LogP contribution in [0.4, 0.5) is 0 Å². The quantitative estimate of drug-likeness (QED) is 0.697. The molecule has 4 atom stereocenters. The molecular weight excluding hydrogens is 288 g/mol. The van der Waals surface area contributed by atoms with Gasteiger partial charge in [0.05, 0.1) is 12.4 Å². The lowest BCUT2D eigenvalue weighted by Crippen LogP contribution is -2.44. The molecule has 5 nitrogen and oxygen atoms in total. The van der Waals surface area contributed by atoms with E-state index in [0.717, 1.165) is 6.42 Å². The van der Waals surface area contributed by atoms with Gasteiger partial charge < -0.3 is 15.8 Å². The fraction of sp³-hybridized carbons (Fsp3) is 0.867. The van der Waals surface area contributed by atoms with Crippen LogP contribution in [-0.2, 0) is 14.3 Å². The molecule has 0 aromatic rings. The number of rotatable bonds is 7. The number of esters is 1. The molecule has 6 heteroatoms. The molecule has 0 aromatic carbocycles. The molecule has 1 rings (SSSR count). The van der Waals surface area contributed by atoms with Crippen molar-refractivity contribution >= 4 is 23.6 Å². The number of nitrogens with one attached hydrogen (secondary N) is 1. The first-order valence-electron chi connectivity index (χ1n) is 7.75. The Labute approximate surface area is 131 Å². The van der Waals surface area contributed by atoms with Gasteiger partial charge in [0, 0.05) is 11.8 Å². The minimum absolute atomic E-state index is 0.0296. The SMILES string of the molecule is CCOC(=O)C(N)CSCC(=O)NC1CCCC(C)C1C. The predicted molar refractivity (Wildman–Crippen MR) is 86.0 cm³/mol. The Balaban J connectivity index is 2.23. The summed E-state index contributed by atoms with van der Waals surface area (Å²) in [6, 6.07) is -0.378. The third-order valence-corrected chi connectivity index (χ3v) is 5.23. The highest BCUT2D eigenvalue weighted by Gasteiger charge is 2.28. The molecule has 0 bridgehead atoms. The van der Waals surface area contributed by atoms with E-state index in [4.69, 9.17) is 10.5 Å². The van der Waals surface area contributed by atoms with Crippen molar-refractivity contribution in [1.29, 1.82) is 0 Å². The number of hydrogen-bond donors (Lipinski definition) is 2. The topological polar surface area (TPSA) is 81.4 Å². The molecule has 1 amide bonds. The summed E-state index contributed by atoms with van der Waals surface area (Å²) in [6.07, 6.45) is 3.48. The van der Waals surface area contributed by atoms with Gasteiger partial charge in [-0.1, -0.05) is 26.7 Å². The van der Waals surface area contributed by atoms with Gasteiger partial charge in [-0.05, 0) is 25.2 Å². The minimum Gasteiger partial charge on any atom is -0.465 e. The van der Waals surface area contributed by atoms with Gasteiger partial charge in [-0.25, -0.2) is 0 Å². The van der Waals surface area contributed by atoms with Crippen LogP contribution in [0.5, 0.6) is 0 Å². The summed E-state index contributed by atoms with van der Waals surface area (Å²) in [5, 5.41) is 3.11. The third-order valence-electron chi connectivity index (χ3n) is 4.17. The number of carbonyl (C=O) groups excluding carboxylic acids is 2. The van der Waals surface area contributed by atoms with Crippen LogP contribution < -0.4 is 11.1 Å². The highest BCUT2D eigenvalue weighted by molar-refractivity contribution is 8.00. The number of carbonyl (C=O) groups is 2. The first kappa shape index (κ1) is 18.3. The maximum atomic E-state index is 12.0. The van der Waals surface area contributed by atoms with Crippen LogP contribution in [-0.4, -0.2) is 42.1 Å². The van der Waals surface area contributed by atoms with Gasteiger partial charge in [0.1, 0.15) is 6.04 Å². The van der Waals surface area contributed by atoms with E-state index in [9.17, 15) is 9.59 Å². The Morgan fingerprint density at radius 3 is 2.76 bits per heavy atom. The molecule has 0 spiro atoms. The van der Waals surface area contributed by atoms with Gasteiger partial charge in [0.2, 0.25) is 5.91 Å². The molecule has 1 aliphatic carbocycles. The normalized spacial score (nSPS) is 27.0. The second-order valence-electron chi connectivity index (χ2n) is 5.81. The van der Waals surface area contributed by atoms with E-state index >= 15 is 0 Å². The van der Waals surface area contributed by atoms with Crippen molar-refractivity contribution in [3.8, 4) is 0 Å². The molecule has 21 heavy (non-hydrogen) atoms. The zero-order chi connectivity index (χ0) is 15.8. The fourth-order valence-electron chi connectivity index (χ4n) is 2.63. The van der Waals surface area contributed by atoms with Gasteiger partial charge in [0.15, 0.2) is 0 Å². The van der Waals surface area contributed by atoms with Crippen molar-refractivity contribution in [2.75, 3.05) is 18.1 Å². The zero-order valence-electron chi connectivity index (χ0n) is 13.3. The van der Waals surface area contributed by atoms with Gasteiger partial charge in [-0.3, -0.25) is 9.59 Å². The Morgan fingerprint density at radius 1 is 1.38 bits per heavy atom. The Hall–Kier alpha value is -0.750.